The lowest BCUT2D eigenvalue weighted by atomic mass is 9.86. The Morgan fingerprint density at radius 3 is 1.92 bits per heavy atom. The monoisotopic (exact) mass is 355 g/mol. The molecule has 4 heteroatoms. The van der Waals surface area contributed by atoms with E-state index >= 15 is 0 Å². The van der Waals surface area contributed by atoms with E-state index in [9.17, 15) is 4.79 Å². The molecular formula is C22H29NO3. The van der Waals surface area contributed by atoms with Crippen molar-refractivity contribution in [3.63, 3.8) is 0 Å². The Labute approximate surface area is 156 Å². The number of hydrogen-bond acceptors (Lipinski definition) is 4. The van der Waals surface area contributed by atoms with Crippen LogP contribution in [0.3, 0.4) is 0 Å². The summed E-state index contributed by atoms with van der Waals surface area (Å²) in [5.41, 5.74) is 0.291. The Bertz CT molecular complexity index is 631. The van der Waals surface area contributed by atoms with Gasteiger partial charge in [0.15, 0.2) is 0 Å². The highest BCUT2D eigenvalue weighted by Gasteiger charge is 2.45. The van der Waals surface area contributed by atoms with E-state index in [1.807, 2.05) is 88.6 Å². The average Bonchev–Trinajstić information content (AvgIpc) is 2.65. The van der Waals surface area contributed by atoms with Crippen molar-refractivity contribution in [3.05, 3.63) is 71.8 Å². The van der Waals surface area contributed by atoms with Gasteiger partial charge in [0, 0.05) is 13.2 Å². The molecule has 0 aliphatic heterocycles. The predicted octanol–water partition coefficient (Wildman–Crippen LogP) is 3.85. The van der Waals surface area contributed by atoms with Gasteiger partial charge in [0.1, 0.15) is 6.10 Å². The molecule has 0 spiro atoms. The molecule has 0 bridgehead atoms. The van der Waals surface area contributed by atoms with Gasteiger partial charge in [-0.05, 0) is 45.5 Å². The van der Waals surface area contributed by atoms with Crippen molar-refractivity contribution in [1.82, 2.24) is 4.90 Å². The van der Waals surface area contributed by atoms with Crippen molar-refractivity contribution < 1.29 is 14.3 Å². The highest BCUT2D eigenvalue weighted by molar-refractivity contribution is 5.86. The lowest BCUT2D eigenvalue weighted by molar-refractivity contribution is -0.173. The first-order valence-corrected chi connectivity index (χ1v) is 9.11. The lowest BCUT2D eigenvalue weighted by Gasteiger charge is -2.33. The number of carbonyl (C=O) groups excluding carboxylic acids is 1. The van der Waals surface area contributed by atoms with Crippen molar-refractivity contribution >= 4 is 5.97 Å². The summed E-state index contributed by atoms with van der Waals surface area (Å²) in [5, 5.41) is 0. The van der Waals surface area contributed by atoms with Crippen LogP contribution in [0.15, 0.2) is 60.7 Å². The molecule has 2 rings (SSSR count). The number of hydrogen-bond donors (Lipinski definition) is 0. The van der Waals surface area contributed by atoms with Gasteiger partial charge in [-0.3, -0.25) is 0 Å². The summed E-state index contributed by atoms with van der Waals surface area (Å²) in [6, 6.07) is 19.1. The molecule has 1 atom stereocenters. The zero-order valence-corrected chi connectivity index (χ0v) is 16.1. The van der Waals surface area contributed by atoms with Gasteiger partial charge in [-0.15, -0.1) is 0 Å². The molecule has 1 unspecified atom stereocenters. The number of nitrogens with zero attached hydrogens (tertiary/aromatic N) is 1. The minimum Gasteiger partial charge on any atom is -0.460 e. The molecule has 4 nitrogen and oxygen atoms in total. The van der Waals surface area contributed by atoms with E-state index in [0.29, 0.717) is 6.61 Å². The van der Waals surface area contributed by atoms with Gasteiger partial charge in [-0.25, -0.2) is 4.79 Å². The van der Waals surface area contributed by atoms with E-state index in [2.05, 4.69) is 4.90 Å². The van der Waals surface area contributed by atoms with Gasteiger partial charge < -0.3 is 14.4 Å². The average molecular weight is 355 g/mol. The maximum Gasteiger partial charge on any atom is 0.348 e. The fourth-order valence-electron chi connectivity index (χ4n) is 2.95. The summed E-state index contributed by atoms with van der Waals surface area (Å²) < 4.78 is 11.9. The Balaban J connectivity index is 2.41. The fraction of sp³-hybridized carbons (Fsp3) is 0.409. The smallest absolute Gasteiger partial charge is 0.348 e. The minimum atomic E-state index is -1.26. The van der Waals surface area contributed by atoms with E-state index in [0.717, 1.165) is 24.1 Å². The number of esters is 1. The number of rotatable bonds is 9. The third-order valence-corrected chi connectivity index (χ3v) is 4.30. The molecule has 0 N–H and O–H groups in total. The third kappa shape index (κ3) is 4.71. The molecule has 0 aliphatic rings. The van der Waals surface area contributed by atoms with E-state index in [1.165, 1.54) is 0 Å². The predicted molar refractivity (Wildman–Crippen MR) is 104 cm³/mol. The van der Waals surface area contributed by atoms with Gasteiger partial charge in [0.2, 0.25) is 5.60 Å². The van der Waals surface area contributed by atoms with E-state index < -0.39 is 5.60 Å². The van der Waals surface area contributed by atoms with Crippen molar-refractivity contribution in [3.8, 4) is 0 Å². The van der Waals surface area contributed by atoms with E-state index in [4.69, 9.17) is 9.47 Å². The normalized spacial score (nSPS) is 12.8. The number of benzene rings is 2. The zero-order valence-electron chi connectivity index (χ0n) is 16.1. The topological polar surface area (TPSA) is 38.8 Å². The lowest BCUT2D eigenvalue weighted by Crippen LogP contribution is -2.43. The summed E-state index contributed by atoms with van der Waals surface area (Å²) in [5.74, 6) is -0.372. The van der Waals surface area contributed by atoms with Crippen molar-refractivity contribution in [2.45, 2.75) is 32.0 Å². The largest absolute Gasteiger partial charge is 0.460 e. The molecule has 2 aromatic rings. The minimum absolute atomic E-state index is 0.197. The highest BCUT2D eigenvalue weighted by Crippen LogP contribution is 2.35. The first kappa shape index (κ1) is 20.1. The van der Waals surface area contributed by atoms with E-state index in [-0.39, 0.29) is 12.1 Å². The molecule has 0 aromatic heterocycles. The first-order chi connectivity index (χ1) is 12.5. The van der Waals surface area contributed by atoms with Crippen LogP contribution in [0.2, 0.25) is 0 Å². The Morgan fingerprint density at radius 1 is 1.00 bits per heavy atom. The second kappa shape index (κ2) is 9.51. The summed E-state index contributed by atoms with van der Waals surface area (Å²) in [6.07, 6.45) is 0.571. The van der Waals surface area contributed by atoms with Crippen molar-refractivity contribution in [2.24, 2.45) is 0 Å². The van der Waals surface area contributed by atoms with Crippen LogP contribution in [0.4, 0.5) is 0 Å². The quantitative estimate of drug-likeness (QED) is 0.641. The standard InChI is InChI=1S/C22H29NO3/c1-5-25-22(19-12-8-6-9-13-19,20-14-10-7-11-15-20)21(24)26-18(2)16-17-23(3)4/h6-15,18H,5,16-17H2,1-4H3. The number of ether oxygens (including phenoxy) is 2. The maximum absolute atomic E-state index is 13.4. The summed E-state index contributed by atoms with van der Waals surface area (Å²) in [7, 11) is 4.01. The maximum atomic E-state index is 13.4. The van der Waals surface area contributed by atoms with Crippen molar-refractivity contribution in [1.29, 1.82) is 0 Å². The van der Waals surface area contributed by atoms with Crippen LogP contribution in [0.1, 0.15) is 31.4 Å². The van der Waals surface area contributed by atoms with Gasteiger partial charge in [0.05, 0.1) is 0 Å². The van der Waals surface area contributed by atoms with Crippen LogP contribution in [0.25, 0.3) is 0 Å². The van der Waals surface area contributed by atoms with Gasteiger partial charge in [-0.1, -0.05) is 60.7 Å². The van der Waals surface area contributed by atoms with Crippen LogP contribution >= 0.6 is 0 Å². The SMILES string of the molecule is CCOC(C(=O)OC(C)CCN(C)C)(c1ccccc1)c1ccccc1. The summed E-state index contributed by atoms with van der Waals surface area (Å²) >= 11 is 0. The van der Waals surface area contributed by atoms with Crippen LogP contribution < -0.4 is 0 Å². The Hall–Kier alpha value is -2.17. The molecule has 2 aromatic carbocycles. The van der Waals surface area contributed by atoms with Gasteiger partial charge >= 0.3 is 5.97 Å². The second-order valence-corrected chi connectivity index (χ2v) is 6.65. The van der Waals surface area contributed by atoms with Crippen LogP contribution in [-0.2, 0) is 19.9 Å². The van der Waals surface area contributed by atoms with Gasteiger partial charge in [-0.2, -0.15) is 0 Å². The molecule has 140 valence electrons. The molecule has 26 heavy (non-hydrogen) atoms. The first-order valence-electron chi connectivity index (χ1n) is 9.11. The fourth-order valence-corrected chi connectivity index (χ4v) is 2.95. The van der Waals surface area contributed by atoms with Crippen LogP contribution in [-0.4, -0.2) is 44.2 Å². The summed E-state index contributed by atoms with van der Waals surface area (Å²) in [6.45, 7) is 5.06. The Kier molecular flexibility index (Phi) is 7.37. The van der Waals surface area contributed by atoms with Crippen LogP contribution in [0, 0.1) is 0 Å². The second-order valence-electron chi connectivity index (χ2n) is 6.65. The van der Waals surface area contributed by atoms with Gasteiger partial charge in [0.25, 0.3) is 0 Å². The summed E-state index contributed by atoms with van der Waals surface area (Å²) in [4.78, 5) is 15.4. The molecule has 0 saturated carbocycles. The van der Waals surface area contributed by atoms with Crippen molar-refractivity contribution in [2.75, 3.05) is 27.2 Å². The van der Waals surface area contributed by atoms with E-state index in [1.54, 1.807) is 0 Å². The third-order valence-electron chi connectivity index (χ3n) is 4.30. The molecule has 0 radical (unpaired) electrons. The molecule has 0 amide bonds. The zero-order chi connectivity index (χ0) is 19.0. The molecular weight excluding hydrogens is 326 g/mol. The highest BCUT2D eigenvalue weighted by atomic mass is 16.6. The number of carbonyl (C=O) groups is 1. The Morgan fingerprint density at radius 2 is 1.50 bits per heavy atom. The molecule has 0 aliphatic carbocycles. The molecule has 0 fully saturated rings. The van der Waals surface area contributed by atoms with Crippen LogP contribution in [0.5, 0.6) is 0 Å². The molecule has 0 saturated heterocycles. The molecule has 0 heterocycles.